The molecule has 2 aromatic carbocycles. The number of nitrogens with one attached hydrogen (secondary N) is 1. The highest BCUT2D eigenvalue weighted by molar-refractivity contribution is 5.82. The maximum Gasteiger partial charge on any atom is 0.277 e. The number of carbonyl (C=O) groups is 1. The first-order valence-electron chi connectivity index (χ1n) is 6.72. The Morgan fingerprint density at radius 2 is 1.86 bits per heavy atom. The molecule has 0 aliphatic carbocycles. The number of hydrogen-bond donors (Lipinski definition) is 1. The van der Waals surface area contributed by atoms with E-state index in [1.165, 1.54) is 5.56 Å². The number of benzene rings is 2. The first-order valence-corrected chi connectivity index (χ1v) is 6.72. The molecule has 0 unspecified atom stereocenters. The molecule has 0 radical (unpaired) electrons. The number of hydrazone groups is 1. The highest BCUT2D eigenvalue weighted by Crippen LogP contribution is 2.15. The summed E-state index contributed by atoms with van der Waals surface area (Å²) in [4.78, 5) is 11.6. The van der Waals surface area contributed by atoms with Crippen molar-refractivity contribution in [2.24, 2.45) is 5.10 Å². The van der Waals surface area contributed by atoms with E-state index in [-0.39, 0.29) is 12.5 Å². The van der Waals surface area contributed by atoms with E-state index in [1.807, 2.05) is 62.4 Å². The molecule has 2 rings (SSSR count). The normalized spacial score (nSPS) is 10.6. The van der Waals surface area contributed by atoms with Gasteiger partial charge in [-0.25, -0.2) is 5.43 Å². The Kier molecular flexibility index (Phi) is 5.10. The van der Waals surface area contributed by atoms with Gasteiger partial charge in [0.1, 0.15) is 5.75 Å². The Bertz CT molecular complexity index is 633. The number of amides is 1. The monoisotopic (exact) mass is 282 g/mol. The van der Waals surface area contributed by atoms with Crippen molar-refractivity contribution < 1.29 is 9.53 Å². The van der Waals surface area contributed by atoms with Gasteiger partial charge in [0.15, 0.2) is 6.61 Å². The molecule has 0 heterocycles. The van der Waals surface area contributed by atoms with Gasteiger partial charge in [0.25, 0.3) is 5.91 Å². The number of ether oxygens (including phenoxy) is 1. The van der Waals surface area contributed by atoms with E-state index in [1.54, 1.807) is 6.21 Å². The number of rotatable bonds is 5. The summed E-state index contributed by atoms with van der Waals surface area (Å²) in [5.74, 6) is 0.414. The Morgan fingerprint density at radius 3 is 2.57 bits per heavy atom. The zero-order chi connectivity index (χ0) is 15.1. The molecule has 0 aromatic heterocycles. The van der Waals surface area contributed by atoms with Crippen molar-refractivity contribution in [1.29, 1.82) is 0 Å². The maximum absolute atomic E-state index is 11.6. The van der Waals surface area contributed by atoms with Crippen LogP contribution in [0.25, 0.3) is 0 Å². The van der Waals surface area contributed by atoms with Crippen molar-refractivity contribution in [2.45, 2.75) is 13.8 Å². The summed E-state index contributed by atoms with van der Waals surface area (Å²) < 4.78 is 5.43. The third-order valence-electron chi connectivity index (χ3n) is 2.93. The molecule has 0 spiro atoms. The SMILES string of the molecule is Cc1ccc(C=NNC(=O)COc2ccccc2C)cc1. The summed E-state index contributed by atoms with van der Waals surface area (Å²) in [6, 6.07) is 15.4. The first-order chi connectivity index (χ1) is 10.1. The smallest absolute Gasteiger partial charge is 0.277 e. The minimum absolute atomic E-state index is 0.0594. The lowest BCUT2D eigenvalue weighted by Crippen LogP contribution is -2.24. The molecule has 0 aliphatic rings. The zero-order valence-corrected chi connectivity index (χ0v) is 12.2. The van der Waals surface area contributed by atoms with Gasteiger partial charge in [-0.3, -0.25) is 4.79 Å². The molecule has 0 bridgehead atoms. The van der Waals surface area contributed by atoms with Crippen molar-refractivity contribution in [2.75, 3.05) is 6.61 Å². The van der Waals surface area contributed by atoms with Crippen LogP contribution >= 0.6 is 0 Å². The van der Waals surface area contributed by atoms with Gasteiger partial charge in [0.2, 0.25) is 0 Å². The van der Waals surface area contributed by atoms with E-state index in [2.05, 4.69) is 10.5 Å². The van der Waals surface area contributed by atoms with Crippen molar-refractivity contribution in [1.82, 2.24) is 5.43 Å². The highest BCUT2D eigenvalue weighted by atomic mass is 16.5. The summed E-state index contributed by atoms with van der Waals surface area (Å²) in [7, 11) is 0. The first kappa shape index (κ1) is 14.8. The van der Waals surface area contributed by atoms with Crippen LogP contribution in [0, 0.1) is 13.8 Å². The lowest BCUT2D eigenvalue weighted by atomic mass is 10.2. The van der Waals surface area contributed by atoms with Crippen molar-refractivity contribution >= 4 is 12.1 Å². The third kappa shape index (κ3) is 4.76. The van der Waals surface area contributed by atoms with E-state index in [0.29, 0.717) is 5.75 Å². The predicted octanol–water partition coefficient (Wildman–Crippen LogP) is 2.83. The molecule has 1 N–H and O–H groups in total. The second-order valence-corrected chi connectivity index (χ2v) is 4.76. The Labute approximate surface area is 124 Å². The number of hydrogen-bond acceptors (Lipinski definition) is 3. The average molecular weight is 282 g/mol. The number of aryl methyl sites for hydroxylation is 2. The van der Waals surface area contributed by atoms with Crippen LogP contribution in [0.2, 0.25) is 0 Å². The topological polar surface area (TPSA) is 50.7 Å². The molecule has 0 aliphatic heterocycles. The van der Waals surface area contributed by atoms with E-state index in [9.17, 15) is 4.79 Å². The van der Waals surface area contributed by atoms with Gasteiger partial charge in [-0.1, -0.05) is 48.0 Å². The maximum atomic E-state index is 11.6. The van der Waals surface area contributed by atoms with E-state index in [0.717, 1.165) is 11.1 Å². The summed E-state index contributed by atoms with van der Waals surface area (Å²) in [5.41, 5.74) is 5.55. The minimum atomic E-state index is -0.290. The van der Waals surface area contributed by atoms with Crippen LogP contribution in [-0.2, 0) is 4.79 Å². The highest BCUT2D eigenvalue weighted by Gasteiger charge is 2.02. The molecule has 21 heavy (non-hydrogen) atoms. The average Bonchev–Trinajstić information content (AvgIpc) is 2.48. The van der Waals surface area contributed by atoms with Crippen LogP contribution in [0.5, 0.6) is 5.75 Å². The van der Waals surface area contributed by atoms with Crippen molar-refractivity contribution in [3.8, 4) is 5.75 Å². The fraction of sp³-hybridized carbons (Fsp3) is 0.176. The van der Waals surface area contributed by atoms with Crippen LogP contribution in [0.3, 0.4) is 0 Å². The van der Waals surface area contributed by atoms with Gasteiger partial charge in [-0.05, 0) is 31.0 Å². The van der Waals surface area contributed by atoms with Crippen LogP contribution in [0.15, 0.2) is 53.6 Å². The van der Waals surface area contributed by atoms with Crippen molar-refractivity contribution in [3.63, 3.8) is 0 Å². The third-order valence-corrected chi connectivity index (χ3v) is 2.93. The van der Waals surface area contributed by atoms with Gasteiger partial charge < -0.3 is 4.74 Å². The molecular weight excluding hydrogens is 264 g/mol. The van der Waals surface area contributed by atoms with E-state index >= 15 is 0 Å². The van der Waals surface area contributed by atoms with Gasteiger partial charge >= 0.3 is 0 Å². The lowest BCUT2D eigenvalue weighted by Gasteiger charge is -2.07. The summed E-state index contributed by atoms with van der Waals surface area (Å²) in [6.45, 7) is 3.89. The summed E-state index contributed by atoms with van der Waals surface area (Å²) >= 11 is 0. The molecule has 1 amide bonds. The van der Waals surface area contributed by atoms with Gasteiger partial charge in [-0.15, -0.1) is 0 Å². The molecule has 0 saturated carbocycles. The summed E-state index contributed by atoms with van der Waals surface area (Å²) in [5, 5.41) is 3.90. The number of nitrogens with zero attached hydrogens (tertiary/aromatic N) is 1. The van der Waals surface area contributed by atoms with Crippen LogP contribution in [0.4, 0.5) is 0 Å². The minimum Gasteiger partial charge on any atom is -0.483 e. The van der Waals surface area contributed by atoms with E-state index < -0.39 is 0 Å². The number of carbonyl (C=O) groups excluding carboxylic acids is 1. The van der Waals surface area contributed by atoms with Gasteiger partial charge in [0.05, 0.1) is 6.21 Å². The van der Waals surface area contributed by atoms with Crippen molar-refractivity contribution in [3.05, 3.63) is 65.2 Å². The van der Waals surface area contributed by atoms with Crippen LogP contribution in [0.1, 0.15) is 16.7 Å². The molecule has 2 aromatic rings. The zero-order valence-electron chi connectivity index (χ0n) is 12.2. The molecule has 108 valence electrons. The quantitative estimate of drug-likeness (QED) is 0.677. The number of para-hydroxylation sites is 1. The molecular formula is C17H18N2O2. The molecule has 4 heteroatoms. The van der Waals surface area contributed by atoms with Crippen LogP contribution < -0.4 is 10.2 Å². The van der Waals surface area contributed by atoms with E-state index in [4.69, 9.17) is 4.74 Å². The molecule has 0 atom stereocenters. The summed E-state index contributed by atoms with van der Waals surface area (Å²) in [6.07, 6.45) is 1.60. The second kappa shape index (κ2) is 7.24. The fourth-order valence-electron chi connectivity index (χ4n) is 1.73. The second-order valence-electron chi connectivity index (χ2n) is 4.76. The molecule has 0 fully saturated rings. The largest absolute Gasteiger partial charge is 0.483 e. The Hall–Kier alpha value is -2.62. The predicted molar refractivity (Wildman–Crippen MR) is 83.6 cm³/mol. The van der Waals surface area contributed by atoms with Gasteiger partial charge in [0, 0.05) is 0 Å². The Morgan fingerprint density at radius 1 is 1.14 bits per heavy atom. The standard InChI is InChI=1S/C17H18N2O2/c1-13-7-9-15(10-8-13)11-18-19-17(20)12-21-16-6-4-3-5-14(16)2/h3-11H,12H2,1-2H3,(H,19,20). The fourth-order valence-corrected chi connectivity index (χ4v) is 1.73. The lowest BCUT2D eigenvalue weighted by molar-refractivity contribution is -0.123. The van der Waals surface area contributed by atoms with Gasteiger partial charge in [-0.2, -0.15) is 5.10 Å². The molecule has 4 nitrogen and oxygen atoms in total. The molecule has 0 saturated heterocycles. The Balaban J connectivity index is 1.80. The van der Waals surface area contributed by atoms with Crippen LogP contribution in [-0.4, -0.2) is 18.7 Å².